The molecule has 0 unspecified atom stereocenters. The third-order valence-electron chi connectivity index (χ3n) is 2.56. The van der Waals surface area contributed by atoms with Gasteiger partial charge < -0.3 is 10.6 Å². The number of aryl methyl sites for hydroxylation is 1. The van der Waals surface area contributed by atoms with Gasteiger partial charge in [-0.3, -0.25) is 10.1 Å². The molecule has 110 valence electrons. The van der Waals surface area contributed by atoms with Gasteiger partial charge in [-0.1, -0.05) is 31.5 Å². The van der Waals surface area contributed by atoms with Gasteiger partial charge in [0.25, 0.3) is 0 Å². The monoisotopic (exact) mass is 297 g/mol. The highest BCUT2D eigenvalue weighted by atomic mass is 35.5. The van der Waals surface area contributed by atoms with Crippen molar-refractivity contribution in [3.63, 3.8) is 0 Å². The van der Waals surface area contributed by atoms with Gasteiger partial charge in [-0.2, -0.15) is 0 Å². The van der Waals surface area contributed by atoms with Crippen LogP contribution in [0, 0.1) is 12.8 Å². The van der Waals surface area contributed by atoms with Crippen molar-refractivity contribution < 1.29 is 9.59 Å². The van der Waals surface area contributed by atoms with Gasteiger partial charge in [-0.25, -0.2) is 4.79 Å². The lowest BCUT2D eigenvalue weighted by molar-refractivity contribution is -0.118. The Morgan fingerprint density at radius 2 is 2.00 bits per heavy atom. The van der Waals surface area contributed by atoms with Crippen LogP contribution in [0.3, 0.4) is 0 Å². The molecule has 0 aliphatic heterocycles. The van der Waals surface area contributed by atoms with Crippen molar-refractivity contribution in [2.45, 2.75) is 20.8 Å². The van der Waals surface area contributed by atoms with E-state index in [2.05, 4.69) is 16.0 Å². The zero-order chi connectivity index (χ0) is 15.1. The zero-order valence-corrected chi connectivity index (χ0v) is 12.7. The van der Waals surface area contributed by atoms with E-state index in [1.165, 1.54) is 0 Å². The summed E-state index contributed by atoms with van der Waals surface area (Å²) >= 11 is 5.88. The molecular formula is C14H20ClN3O2. The van der Waals surface area contributed by atoms with Crippen molar-refractivity contribution in [2.24, 2.45) is 5.92 Å². The summed E-state index contributed by atoms with van der Waals surface area (Å²) in [6.07, 6.45) is 0. The summed E-state index contributed by atoms with van der Waals surface area (Å²) in [4.78, 5) is 23.0. The van der Waals surface area contributed by atoms with Crippen molar-refractivity contribution >= 4 is 29.2 Å². The van der Waals surface area contributed by atoms with Crippen molar-refractivity contribution in [2.75, 3.05) is 18.4 Å². The van der Waals surface area contributed by atoms with E-state index >= 15 is 0 Å². The van der Waals surface area contributed by atoms with Crippen LogP contribution in [0.4, 0.5) is 10.5 Å². The number of carbonyl (C=O) groups is 2. The average Bonchev–Trinajstić information content (AvgIpc) is 2.37. The largest absolute Gasteiger partial charge is 0.376 e. The molecule has 0 aliphatic rings. The van der Waals surface area contributed by atoms with E-state index in [0.717, 1.165) is 11.3 Å². The molecule has 3 N–H and O–H groups in total. The lowest BCUT2D eigenvalue weighted by Crippen LogP contribution is -2.43. The molecule has 0 saturated heterocycles. The molecule has 0 bridgehead atoms. The van der Waals surface area contributed by atoms with Crippen LogP contribution < -0.4 is 16.0 Å². The second-order valence-corrected chi connectivity index (χ2v) is 5.40. The standard InChI is InChI=1S/C14H20ClN3O2/c1-9(2)7-17-14(20)18-13(19)8-16-12-6-11(15)5-4-10(12)3/h4-6,9,16H,7-8H2,1-3H3,(H2,17,18,19,20). The van der Waals surface area contributed by atoms with Crippen LogP contribution in [0.5, 0.6) is 0 Å². The van der Waals surface area contributed by atoms with Crippen LogP contribution in [0.15, 0.2) is 18.2 Å². The molecule has 0 aliphatic carbocycles. The first-order valence-corrected chi connectivity index (χ1v) is 6.84. The van der Waals surface area contributed by atoms with Crippen LogP contribution in [0.25, 0.3) is 0 Å². The molecule has 3 amide bonds. The Labute approximate surface area is 124 Å². The van der Waals surface area contributed by atoms with E-state index < -0.39 is 11.9 Å². The number of urea groups is 1. The van der Waals surface area contributed by atoms with Crippen LogP contribution in [0.1, 0.15) is 19.4 Å². The summed E-state index contributed by atoms with van der Waals surface area (Å²) < 4.78 is 0. The smallest absolute Gasteiger partial charge is 0.321 e. The molecule has 1 rings (SSSR count). The lowest BCUT2D eigenvalue weighted by Gasteiger charge is -2.11. The Hall–Kier alpha value is -1.75. The maximum Gasteiger partial charge on any atom is 0.321 e. The molecule has 20 heavy (non-hydrogen) atoms. The molecule has 6 heteroatoms. The Morgan fingerprint density at radius 1 is 1.30 bits per heavy atom. The summed E-state index contributed by atoms with van der Waals surface area (Å²) in [6, 6.07) is 4.90. The van der Waals surface area contributed by atoms with Crippen molar-refractivity contribution in [3.8, 4) is 0 Å². The molecule has 0 heterocycles. The topological polar surface area (TPSA) is 70.2 Å². The van der Waals surface area contributed by atoms with Crippen molar-refractivity contribution in [1.82, 2.24) is 10.6 Å². The van der Waals surface area contributed by atoms with Gasteiger partial charge in [-0.15, -0.1) is 0 Å². The van der Waals surface area contributed by atoms with Crippen LogP contribution in [-0.2, 0) is 4.79 Å². The Kier molecular flexibility index (Phi) is 6.31. The fourth-order valence-corrected chi connectivity index (χ4v) is 1.64. The summed E-state index contributed by atoms with van der Waals surface area (Å²) in [5.41, 5.74) is 1.75. The predicted molar refractivity (Wildman–Crippen MR) is 81.1 cm³/mol. The highest BCUT2D eigenvalue weighted by Crippen LogP contribution is 2.19. The highest BCUT2D eigenvalue weighted by molar-refractivity contribution is 6.30. The van der Waals surface area contributed by atoms with Crippen molar-refractivity contribution in [3.05, 3.63) is 28.8 Å². The normalized spacial score (nSPS) is 10.2. The Balaban J connectivity index is 2.39. The first kappa shape index (κ1) is 16.3. The number of carbonyl (C=O) groups excluding carboxylic acids is 2. The molecule has 0 aromatic heterocycles. The number of hydrogen-bond donors (Lipinski definition) is 3. The molecule has 0 spiro atoms. The third-order valence-corrected chi connectivity index (χ3v) is 2.80. The molecular weight excluding hydrogens is 278 g/mol. The van der Waals surface area contributed by atoms with E-state index in [4.69, 9.17) is 11.6 Å². The number of benzene rings is 1. The Morgan fingerprint density at radius 3 is 2.65 bits per heavy atom. The number of imide groups is 1. The number of amides is 3. The summed E-state index contributed by atoms with van der Waals surface area (Å²) in [5, 5.41) is 8.41. The second kappa shape index (κ2) is 7.75. The van der Waals surface area contributed by atoms with Gasteiger partial charge in [0, 0.05) is 17.3 Å². The van der Waals surface area contributed by atoms with Gasteiger partial charge >= 0.3 is 6.03 Å². The maximum atomic E-state index is 11.6. The third kappa shape index (κ3) is 5.93. The molecule has 1 aromatic carbocycles. The van der Waals surface area contributed by atoms with Gasteiger partial charge in [-0.05, 0) is 30.5 Å². The summed E-state index contributed by atoms with van der Waals surface area (Å²) in [7, 11) is 0. The molecule has 1 aromatic rings. The van der Waals surface area contributed by atoms with E-state index in [-0.39, 0.29) is 6.54 Å². The first-order chi connectivity index (χ1) is 9.38. The van der Waals surface area contributed by atoms with Gasteiger partial charge in [0.1, 0.15) is 0 Å². The van der Waals surface area contributed by atoms with Gasteiger partial charge in [0.05, 0.1) is 6.54 Å². The van der Waals surface area contributed by atoms with Crippen LogP contribution in [-0.4, -0.2) is 25.0 Å². The summed E-state index contributed by atoms with van der Waals surface area (Å²) in [5.74, 6) is -0.0614. The first-order valence-electron chi connectivity index (χ1n) is 6.46. The molecule has 0 saturated carbocycles. The number of anilines is 1. The number of nitrogens with one attached hydrogen (secondary N) is 3. The van der Waals surface area contributed by atoms with E-state index in [9.17, 15) is 9.59 Å². The average molecular weight is 298 g/mol. The van der Waals surface area contributed by atoms with Crippen LogP contribution >= 0.6 is 11.6 Å². The second-order valence-electron chi connectivity index (χ2n) is 4.96. The molecule has 0 radical (unpaired) electrons. The predicted octanol–water partition coefficient (Wildman–Crippen LogP) is 2.54. The van der Waals surface area contributed by atoms with E-state index in [0.29, 0.717) is 17.5 Å². The summed E-state index contributed by atoms with van der Waals surface area (Å²) in [6.45, 7) is 6.40. The van der Waals surface area contributed by atoms with Gasteiger partial charge in [0.2, 0.25) is 5.91 Å². The van der Waals surface area contributed by atoms with Crippen LogP contribution in [0.2, 0.25) is 5.02 Å². The highest BCUT2D eigenvalue weighted by Gasteiger charge is 2.08. The number of halogens is 1. The fourth-order valence-electron chi connectivity index (χ4n) is 1.47. The minimum atomic E-state index is -0.478. The minimum Gasteiger partial charge on any atom is -0.376 e. The molecule has 0 atom stereocenters. The van der Waals surface area contributed by atoms with E-state index in [1.54, 1.807) is 12.1 Å². The lowest BCUT2D eigenvalue weighted by atomic mass is 10.2. The fraction of sp³-hybridized carbons (Fsp3) is 0.429. The maximum absolute atomic E-state index is 11.6. The molecule has 0 fully saturated rings. The van der Waals surface area contributed by atoms with Gasteiger partial charge in [0.15, 0.2) is 0 Å². The SMILES string of the molecule is Cc1ccc(Cl)cc1NCC(=O)NC(=O)NCC(C)C. The van der Waals surface area contributed by atoms with E-state index in [1.807, 2.05) is 26.8 Å². The number of rotatable bonds is 5. The Bertz CT molecular complexity index is 489. The van der Waals surface area contributed by atoms with Crippen molar-refractivity contribution in [1.29, 1.82) is 0 Å². The quantitative estimate of drug-likeness (QED) is 0.782. The minimum absolute atomic E-state index is 0.0102. The zero-order valence-electron chi connectivity index (χ0n) is 11.9. The molecule has 5 nitrogen and oxygen atoms in total. The number of hydrogen-bond acceptors (Lipinski definition) is 3.